The normalized spacial score (nSPS) is 11.0. The molecule has 3 heteroatoms. The molecule has 0 bridgehead atoms. The van der Waals surface area contributed by atoms with Crippen molar-refractivity contribution >= 4 is 16.6 Å². The predicted octanol–water partition coefficient (Wildman–Crippen LogP) is 2.23. The minimum absolute atomic E-state index is 0.0478. The molecule has 1 heterocycles. The lowest BCUT2D eigenvalue weighted by Crippen LogP contribution is -2.25. The maximum Gasteiger partial charge on any atom is 0.258 e. The molecule has 0 atom stereocenters. The average molecular weight is 229 g/mol. The van der Waals surface area contributed by atoms with E-state index >= 15 is 0 Å². The van der Waals surface area contributed by atoms with Crippen molar-refractivity contribution in [2.24, 2.45) is 5.92 Å². The number of pyridine rings is 1. The maximum absolute atomic E-state index is 12.1. The van der Waals surface area contributed by atoms with E-state index in [1.165, 1.54) is 4.57 Å². The lowest BCUT2D eigenvalue weighted by Gasteiger charge is -2.08. The van der Waals surface area contributed by atoms with Crippen molar-refractivity contribution in [3.63, 3.8) is 0 Å². The summed E-state index contributed by atoms with van der Waals surface area (Å²) in [5, 5.41) is 1.57. The lowest BCUT2D eigenvalue weighted by molar-refractivity contribution is -0.122. The molecule has 0 saturated heterocycles. The predicted molar refractivity (Wildman–Crippen MR) is 68.1 cm³/mol. The molecule has 1 aromatic heterocycles. The summed E-state index contributed by atoms with van der Waals surface area (Å²) in [5.41, 5.74) is -0.0999. The highest BCUT2D eigenvalue weighted by Crippen LogP contribution is 2.08. The first-order valence-electron chi connectivity index (χ1n) is 5.70. The Hall–Kier alpha value is -1.90. The van der Waals surface area contributed by atoms with Gasteiger partial charge in [-0.2, -0.15) is 0 Å². The third kappa shape index (κ3) is 2.28. The van der Waals surface area contributed by atoms with Crippen LogP contribution in [0.2, 0.25) is 0 Å². The van der Waals surface area contributed by atoms with E-state index in [-0.39, 0.29) is 23.8 Å². The van der Waals surface area contributed by atoms with E-state index in [1.54, 1.807) is 12.3 Å². The monoisotopic (exact) mass is 229 g/mol. The molecule has 3 nitrogen and oxygen atoms in total. The Bertz CT molecular complexity index is 611. The van der Waals surface area contributed by atoms with Gasteiger partial charge in [-0.1, -0.05) is 32.0 Å². The summed E-state index contributed by atoms with van der Waals surface area (Å²) in [5.74, 6) is 0.0238. The van der Waals surface area contributed by atoms with Crippen LogP contribution >= 0.6 is 0 Å². The van der Waals surface area contributed by atoms with Gasteiger partial charge < -0.3 is 4.57 Å². The molecule has 0 N–H and O–H groups in total. The van der Waals surface area contributed by atoms with E-state index in [0.29, 0.717) is 5.39 Å². The molecule has 0 aliphatic carbocycles. The van der Waals surface area contributed by atoms with Crippen LogP contribution in [-0.2, 0) is 11.3 Å². The van der Waals surface area contributed by atoms with Crippen LogP contribution in [0.3, 0.4) is 0 Å². The smallest absolute Gasteiger partial charge is 0.258 e. The van der Waals surface area contributed by atoms with Crippen molar-refractivity contribution in [2.45, 2.75) is 20.4 Å². The number of fused-ring (bicyclic) bond motifs is 1. The van der Waals surface area contributed by atoms with E-state index in [9.17, 15) is 9.59 Å². The molecule has 88 valence electrons. The SMILES string of the molecule is CC(C)C(=O)Cn1ccc2ccccc2c1=O. The van der Waals surface area contributed by atoms with Gasteiger partial charge in [0.25, 0.3) is 5.56 Å². The number of ketones is 1. The minimum atomic E-state index is -0.0999. The third-order valence-corrected chi connectivity index (χ3v) is 2.86. The second-order valence-corrected chi connectivity index (χ2v) is 4.46. The van der Waals surface area contributed by atoms with E-state index in [4.69, 9.17) is 0 Å². The first-order valence-corrected chi connectivity index (χ1v) is 5.70. The van der Waals surface area contributed by atoms with Crippen LogP contribution in [0.25, 0.3) is 10.8 Å². The number of rotatable bonds is 3. The summed E-state index contributed by atoms with van der Waals surface area (Å²) in [7, 11) is 0. The second kappa shape index (κ2) is 4.53. The largest absolute Gasteiger partial charge is 0.308 e. The number of carbonyl (C=O) groups excluding carboxylic acids is 1. The summed E-state index contributed by atoms with van der Waals surface area (Å²) < 4.78 is 1.48. The molecule has 0 fully saturated rings. The Labute approximate surface area is 99.7 Å². The Morgan fingerprint density at radius 2 is 1.94 bits per heavy atom. The van der Waals surface area contributed by atoms with E-state index in [1.807, 2.05) is 38.1 Å². The molecule has 17 heavy (non-hydrogen) atoms. The number of carbonyl (C=O) groups is 1. The van der Waals surface area contributed by atoms with Gasteiger partial charge in [0.15, 0.2) is 5.78 Å². The zero-order valence-corrected chi connectivity index (χ0v) is 10.0. The van der Waals surface area contributed by atoms with Crippen LogP contribution < -0.4 is 5.56 Å². The fraction of sp³-hybridized carbons (Fsp3) is 0.286. The van der Waals surface area contributed by atoms with Crippen LogP contribution in [0.5, 0.6) is 0 Å². The van der Waals surface area contributed by atoms with E-state index in [0.717, 1.165) is 5.39 Å². The molecular weight excluding hydrogens is 214 g/mol. The molecule has 0 spiro atoms. The molecule has 2 aromatic rings. The summed E-state index contributed by atoms with van der Waals surface area (Å²) in [6.45, 7) is 3.84. The van der Waals surface area contributed by atoms with Crippen molar-refractivity contribution in [1.82, 2.24) is 4.57 Å². The average Bonchev–Trinajstić information content (AvgIpc) is 2.33. The molecule has 0 radical (unpaired) electrons. The first kappa shape index (κ1) is 11.6. The Morgan fingerprint density at radius 3 is 2.65 bits per heavy atom. The summed E-state index contributed by atoms with van der Waals surface area (Å²) in [4.78, 5) is 23.7. The summed E-state index contributed by atoms with van der Waals surface area (Å²) >= 11 is 0. The van der Waals surface area contributed by atoms with Gasteiger partial charge in [-0.3, -0.25) is 9.59 Å². The molecule has 0 aliphatic heterocycles. The molecule has 2 rings (SSSR count). The maximum atomic E-state index is 12.1. The molecule has 0 unspecified atom stereocenters. The number of hydrogen-bond donors (Lipinski definition) is 0. The Morgan fingerprint density at radius 1 is 1.24 bits per heavy atom. The standard InChI is InChI=1S/C14H15NO2/c1-10(2)13(16)9-15-8-7-11-5-3-4-6-12(11)14(15)17/h3-8,10H,9H2,1-2H3. The lowest BCUT2D eigenvalue weighted by atomic mass is 10.1. The number of aromatic nitrogens is 1. The van der Waals surface area contributed by atoms with Gasteiger partial charge in [-0.15, -0.1) is 0 Å². The van der Waals surface area contributed by atoms with Gasteiger partial charge in [0.05, 0.1) is 6.54 Å². The topological polar surface area (TPSA) is 39.1 Å². The first-order chi connectivity index (χ1) is 8.09. The Kier molecular flexibility index (Phi) is 3.09. The van der Waals surface area contributed by atoms with Gasteiger partial charge >= 0.3 is 0 Å². The molecular formula is C14H15NO2. The quantitative estimate of drug-likeness (QED) is 0.809. The highest BCUT2D eigenvalue weighted by atomic mass is 16.1. The molecule has 0 saturated carbocycles. The fourth-order valence-electron chi connectivity index (χ4n) is 1.70. The van der Waals surface area contributed by atoms with Crippen LogP contribution in [0.1, 0.15) is 13.8 Å². The highest BCUT2D eigenvalue weighted by Gasteiger charge is 2.09. The number of Topliss-reactive ketones (excluding diaryl/α,β-unsaturated/α-hetero) is 1. The molecule has 0 amide bonds. The second-order valence-electron chi connectivity index (χ2n) is 4.46. The van der Waals surface area contributed by atoms with Gasteiger partial charge in [0.2, 0.25) is 0 Å². The van der Waals surface area contributed by atoms with Crippen LogP contribution in [0.15, 0.2) is 41.3 Å². The highest BCUT2D eigenvalue weighted by molar-refractivity contribution is 5.83. The van der Waals surface area contributed by atoms with Crippen molar-refractivity contribution in [3.8, 4) is 0 Å². The Balaban J connectivity index is 2.47. The summed E-state index contributed by atoms with van der Waals surface area (Å²) in [6, 6.07) is 9.27. The van der Waals surface area contributed by atoms with Gasteiger partial charge in [0, 0.05) is 17.5 Å². The van der Waals surface area contributed by atoms with Gasteiger partial charge in [0.1, 0.15) is 0 Å². The number of benzene rings is 1. The van der Waals surface area contributed by atoms with Crippen molar-refractivity contribution in [2.75, 3.05) is 0 Å². The van der Waals surface area contributed by atoms with Crippen LogP contribution in [0, 0.1) is 5.92 Å². The summed E-state index contributed by atoms with van der Waals surface area (Å²) in [6.07, 6.45) is 1.69. The van der Waals surface area contributed by atoms with Crippen molar-refractivity contribution < 1.29 is 4.79 Å². The molecule has 1 aromatic carbocycles. The fourth-order valence-corrected chi connectivity index (χ4v) is 1.70. The van der Waals surface area contributed by atoms with Crippen LogP contribution in [0.4, 0.5) is 0 Å². The number of hydrogen-bond acceptors (Lipinski definition) is 2. The van der Waals surface area contributed by atoms with Gasteiger partial charge in [-0.05, 0) is 17.5 Å². The van der Waals surface area contributed by atoms with Gasteiger partial charge in [-0.25, -0.2) is 0 Å². The van der Waals surface area contributed by atoms with Crippen LogP contribution in [-0.4, -0.2) is 10.4 Å². The zero-order chi connectivity index (χ0) is 12.4. The minimum Gasteiger partial charge on any atom is -0.308 e. The number of nitrogens with zero attached hydrogens (tertiary/aromatic N) is 1. The van der Waals surface area contributed by atoms with Crippen molar-refractivity contribution in [1.29, 1.82) is 0 Å². The molecule has 0 aliphatic rings. The van der Waals surface area contributed by atoms with E-state index in [2.05, 4.69) is 0 Å². The third-order valence-electron chi connectivity index (χ3n) is 2.86. The van der Waals surface area contributed by atoms with E-state index < -0.39 is 0 Å². The van der Waals surface area contributed by atoms with Crippen molar-refractivity contribution in [3.05, 3.63) is 46.9 Å². The zero-order valence-electron chi connectivity index (χ0n) is 10.0.